The molecule has 0 N–H and O–H groups in total. The van der Waals surface area contributed by atoms with E-state index in [1.54, 1.807) is 38.5 Å². The number of rotatable bonds is 5. The fraction of sp³-hybridized carbons (Fsp3) is 0.174. The maximum Gasteiger partial charge on any atom is 0.283 e. The van der Waals surface area contributed by atoms with E-state index < -0.39 is 0 Å². The molecule has 0 fully saturated rings. The largest absolute Gasteiger partial charge is 0.493 e. The molecular weight excluding hydrogens is 427 g/mol. The van der Waals surface area contributed by atoms with Crippen molar-refractivity contribution in [1.82, 2.24) is 29.4 Å². The Morgan fingerprint density at radius 2 is 1.73 bits per heavy atom. The minimum atomic E-state index is -0.347. The lowest BCUT2D eigenvalue weighted by Crippen LogP contribution is -2.23. The Bertz CT molecular complexity index is 1560. The summed E-state index contributed by atoms with van der Waals surface area (Å²) in [6, 6.07) is 11.5. The van der Waals surface area contributed by atoms with Crippen LogP contribution in [0.15, 0.2) is 53.6 Å². The first kappa shape index (κ1) is 20.6. The third kappa shape index (κ3) is 3.45. The molecule has 2 aromatic carbocycles. The van der Waals surface area contributed by atoms with Crippen LogP contribution in [0.25, 0.3) is 27.9 Å². The maximum atomic E-state index is 13.4. The Kier molecular flexibility index (Phi) is 4.97. The summed E-state index contributed by atoms with van der Waals surface area (Å²) in [5.74, 6) is 0.837. The summed E-state index contributed by atoms with van der Waals surface area (Å²) in [7, 11) is 3.12. The number of fused-ring (bicyclic) bond motifs is 3. The number of halogens is 1. The Labute approximate surface area is 187 Å². The van der Waals surface area contributed by atoms with Crippen molar-refractivity contribution in [1.29, 1.82) is 0 Å². The molecular formula is C23H19FN6O3. The lowest BCUT2D eigenvalue weighted by molar-refractivity contribution is 0.354. The topological polar surface area (TPSA) is 96.4 Å². The van der Waals surface area contributed by atoms with E-state index in [0.717, 1.165) is 11.1 Å². The zero-order valence-corrected chi connectivity index (χ0v) is 18.1. The van der Waals surface area contributed by atoms with E-state index >= 15 is 0 Å². The number of methoxy groups -OCH3 is 2. The highest BCUT2D eigenvalue weighted by atomic mass is 19.1. The SMILES string of the molecule is COc1ccc(Cn2cnc3c(nnc4c(-c5ccc(F)cc5)c(C)nn43)c2=O)cc1OC. The molecule has 33 heavy (non-hydrogen) atoms. The van der Waals surface area contributed by atoms with Gasteiger partial charge in [0.05, 0.1) is 32.0 Å². The molecule has 10 heteroatoms. The fourth-order valence-corrected chi connectivity index (χ4v) is 3.81. The molecule has 0 atom stereocenters. The highest BCUT2D eigenvalue weighted by Gasteiger charge is 2.18. The number of aromatic nitrogens is 6. The van der Waals surface area contributed by atoms with E-state index in [1.807, 2.05) is 13.0 Å². The Morgan fingerprint density at radius 3 is 2.45 bits per heavy atom. The van der Waals surface area contributed by atoms with Gasteiger partial charge < -0.3 is 9.47 Å². The summed E-state index contributed by atoms with van der Waals surface area (Å²) in [6.45, 7) is 2.08. The normalized spacial score (nSPS) is 11.3. The number of ether oxygens (including phenoxy) is 2. The van der Waals surface area contributed by atoms with Crippen LogP contribution in [0, 0.1) is 12.7 Å². The van der Waals surface area contributed by atoms with Crippen molar-refractivity contribution in [2.45, 2.75) is 13.5 Å². The monoisotopic (exact) mass is 446 g/mol. The molecule has 9 nitrogen and oxygen atoms in total. The van der Waals surface area contributed by atoms with Gasteiger partial charge in [-0.05, 0) is 42.3 Å². The Balaban J connectivity index is 1.60. The summed E-state index contributed by atoms with van der Waals surface area (Å²) in [5, 5.41) is 12.9. The van der Waals surface area contributed by atoms with Crippen LogP contribution in [0.4, 0.5) is 4.39 Å². The van der Waals surface area contributed by atoms with E-state index in [1.165, 1.54) is 27.5 Å². The van der Waals surface area contributed by atoms with E-state index in [0.29, 0.717) is 34.1 Å². The third-order valence-electron chi connectivity index (χ3n) is 5.41. The van der Waals surface area contributed by atoms with Crippen LogP contribution in [0.1, 0.15) is 11.3 Å². The van der Waals surface area contributed by atoms with Gasteiger partial charge in [0.15, 0.2) is 28.3 Å². The van der Waals surface area contributed by atoms with Gasteiger partial charge in [-0.1, -0.05) is 18.2 Å². The van der Waals surface area contributed by atoms with Gasteiger partial charge in [-0.15, -0.1) is 10.2 Å². The lowest BCUT2D eigenvalue weighted by atomic mass is 10.1. The first-order valence-electron chi connectivity index (χ1n) is 10.1. The summed E-state index contributed by atoms with van der Waals surface area (Å²) in [4.78, 5) is 17.6. The second-order valence-corrected chi connectivity index (χ2v) is 7.44. The van der Waals surface area contributed by atoms with Crippen molar-refractivity contribution in [2.75, 3.05) is 14.2 Å². The summed E-state index contributed by atoms with van der Waals surface area (Å²) >= 11 is 0. The summed E-state index contributed by atoms with van der Waals surface area (Å²) < 4.78 is 26.9. The standard InChI is InChI=1S/C23H19FN6O3/c1-13-19(15-5-7-16(24)8-6-15)21-27-26-20-22(30(21)28-13)25-12-29(23(20)31)11-14-4-9-17(32-2)18(10-14)33-3/h4-10,12H,11H2,1-3H3. The van der Waals surface area contributed by atoms with E-state index in [4.69, 9.17) is 9.47 Å². The average molecular weight is 446 g/mol. The van der Waals surface area contributed by atoms with Crippen LogP contribution in [0.5, 0.6) is 11.5 Å². The van der Waals surface area contributed by atoms with Crippen LogP contribution in [-0.4, -0.2) is 43.6 Å². The van der Waals surface area contributed by atoms with E-state index in [-0.39, 0.29) is 23.4 Å². The van der Waals surface area contributed by atoms with Crippen LogP contribution in [-0.2, 0) is 6.54 Å². The molecule has 0 saturated carbocycles. The molecule has 5 aromatic rings. The fourth-order valence-electron chi connectivity index (χ4n) is 3.81. The molecule has 0 aliphatic heterocycles. The molecule has 0 unspecified atom stereocenters. The quantitative estimate of drug-likeness (QED) is 0.409. The second-order valence-electron chi connectivity index (χ2n) is 7.44. The number of nitrogens with zero attached hydrogens (tertiary/aromatic N) is 6. The minimum absolute atomic E-state index is 0.0960. The van der Waals surface area contributed by atoms with Crippen molar-refractivity contribution in [2.24, 2.45) is 0 Å². The molecule has 0 aliphatic rings. The van der Waals surface area contributed by atoms with Crippen LogP contribution < -0.4 is 15.0 Å². The van der Waals surface area contributed by atoms with Gasteiger partial charge >= 0.3 is 0 Å². The van der Waals surface area contributed by atoms with Gasteiger partial charge in [-0.2, -0.15) is 9.61 Å². The highest BCUT2D eigenvalue weighted by Crippen LogP contribution is 2.29. The van der Waals surface area contributed by atoms with E-state index in [9.17, 15) is 9.18 Å². The van der Waals surface area contributed by atoms with Gasteiger partial charge in [0, 0.05) is 0 Å². The zero-order chi connectivity index (χ0) is 23.1. The highest BCUT2D eigenvalue weighted by molar-refractivity contribution is 5.83. The number of hydrogen-bond donors (Lipinski definition) is 0. The van der Waals surface area contributed by atoms with Crippen LogP contribution in [0.2, 0.25) is 0 Å². The molecule has 166 valence electrons. The molecule has 0 aliphatic carbocycles. The molecule has 0 radical (unpaired) electrons. The first-order chi connectivity index (χ1) is 16.0. The number of benzene rings is 2. The molecule has 0 bridgehead atoms. The van der Waals surface area contributed by atoms with Gasteiger partial charge in [0.2, 0.25) is 0 Å². The van der Waals surface area contributed by atoms with E-state index in [2.05, 4.69) is 20.3 Å². The summed E-state index contributed by atoms with van der Waals surface area (Å²) in [5.41, 5.74) is 3.44. The third-order valence-corrected chi connectivity index (χ3v) is 5.41. The van der Waals surface area contributed by atoms with Gasteiger partial charge in [0.25, 0.3) is 5.56 Å². The van der Waals surface area contributed by atoms with Gasteiger partial charge in [0.1, 0.15) is 12.1 Å². The number of hydrogen-bond acceptors (Lipinski definition) is 7. The predicted octanol–water partition coefficient (Wildman–Crippen LogP) is 3.01. The average Bonchev–Trinajstić information content (AvgIpc) is 3.17. The second kappa shape index (κ2) is 7.97. The molecule has 5 rings (SSSR count). The predicted molar refractivity (Wildman–Crippen MR) is 119 cm³/mol. The van der Waals surface area contributed by atoms with Gasteiger partial charge in [-0.25, -0.2) is 9.37 Å². The van der Waals surface area contributed by atoms with Crippen LogP contribution in [0.3, 0.4) is 0 Å². The molecule has 0 amide bonds. The van der Waals surface area contributed by atoms with Crippen molar-refractivity contribution in [3.05, 3.63) is 76.2 Å². The summed E-state index contributed by atoms with van der Waals surface area (Å²) in [6.07, 6.45) is 1.46. The molecule has 3 heterocycles. The van der Waals surface area contributed by atoms with Crippen molar-refractivity contribution in [3.8, 4) is 22.6 Å². The molecule has 0 saturated heterocycles. The Morgan fingerprint density at radius 1 is 0.970 bits per heavy atom. The molecule has 3 aromatic heterocycles. The van der Waals surface area contributed by atoms with Crippen molar-refractivity contribution >= 4 is 16.8 Å². The van der Waals surface area contributed by atoms with Gasteiger partial charge in [-0.3, -0.25) is 9.36 Å². The number of aryl methyl sites for hydroxylation is 1. The van der Waals surface area contributed by atoms with Crippen molar-refractivity contribution < 1.29 is 13.9 Å². The smallest absolute Gasteiger partial charge is 0.283 e. The van der Waals surface area contributed by atoms with Crippen molar-refractivity contribution in [3.63, 3.8) is 0 Å². The first-order valence-corrected chi connectivity index (χ1v) is 10.1. The lowest BCUT2D eigenvalue weighted by Gasteiger charge is -2.11. The van der Waals surface area contributed by atoms with Crippen LogP contribution >= 0.6 is 0 Å². The Hall–Kier alpha value is -4.34. The minimum Gasteiger partial charge on any atom is -0.493 e. The maximum absolute atomic E-state index is 13.4. The zero-order valence-electron chi connectivity index (χ0n) is 18.1. The molecule has 0 spiro atoms.